The van der Waals surface area contributed by atoms with E-state index in [0.29, 0.717) is 0 Å². The van der Waals surface area contributed by atoms with Gasteiger partial charge >= 0.3 is 0 Å². The first-order chi connectivity index (χ1) is 5.29. The molecular formula is C9H10ClN. The Morgan fingerprint density at radius 3 is 3.09 bits per heavy atom. The van der Waals surface area contributed by atoms with E-state index in [-0.39, 0.29) is 0 Å². The van der Waals surface area contributed by atoms with Crippen molar-refractivity contribution in [3.63, 3.8) is 0 Å². The second kappa shape index (κ2) is 2.42. The molecule has 2 heteroatoms. The van der Waals surface area contributed by atoms with E-state index < -0.39 is 0 Å². The molecule has 0 atom stereocenters. The summed E-state index contributed by atoms with van der Waals surface area (Å²) in [6.45, 7) is 2.08. The number of halogens is 1. The van der Waals surface area contributed by atoms with Crippen molar-refractivity contribution in [2.75, 3.05) is 0 Å². The normalized spacial score (nSPS) is 16.0. The van der Waals surface area contributed by atoms with Crippen molar-refractivity contribution >= 4 is 16.6 Å². The Balaban J connectivity index is 2.61. The summed E-state index contributed by atoms with van der Waals surface area (Å²) in [4.78, 5) is 3.23. The molecule has 0 saturated heterocycles. The molecule has 0 amide bonds. The quantitative estimate of drug-likeness (QED) is 0.612. The third-order valence-corrected chi connectivity index (χ3v) is 2.46. The van der Waals surface area contributed by atoms with Crippen LogP contribution in [0.4, 0.5) is 0 Å². The Morgan fingerprint density at radius 2 is 2.36 bits per heavy atom. The number of aromatic nitrogens is 1. The molecule has 11 heavy (non-hydrogen) atoms. The predicted octanol–water partition coefficient (Wildman–Crippen LogP) is 2.85. The molecule has 0 unspecified atom stereocenters. The van der Waals surface area contributed by atoms with E-state index in [0.717, 1.165) is 17.9 Å². The zero-order valence-corrected chi connectivity index (χ0v) is 7.20. The topological polar surface area (TPSA) is 15.8 Å². The Bertz CT molecular complexity index is 309. The summed E-state index contributed by atoms with van der Waals surface area (Å²) >= 11 is 6.03. The van der Waals surface area contributed by atoms with Gasteiger partial charge in [-0.25, -0.2) is 0 Å². The van der Waals surface area contributed by atoms with Crippen molar-refractivity contribution in [3.05, 3.63) is 29.1 Å². The van der Waals surface area contributed by atoms with Crippen LogP contribution in [0.5, 0.6) is 0 Å². The zero-order chi connectivity index (χ0) is 7.84. The summed E-state index contributed by atoms with van der Waals surface area (Å²) in [5.41, 5.74) is 3.76. The van der Waals surface area contributed by atoms with Crippen LogP contribution in [0.3, 0.4) is 0 Å². The Labute approximate surface area is 71.1 Å². The first kappa shape index (κ1) is 6.99. The summed E-state index contributed by atoms with van der Waals surface area (Å²) in [6, 6.07) is 0. The standard InChI is InChI=1S/C9H10ClN/c1-6-5-11-8-4-2-3-7(10)9(6)8/h3,5,11H,2,4H2,1H3. The molecule has 1 nitrogen and oxygen atoms in total. The molecule has 0 fully saturated rings. The van der Waals surface area contributed by atoms with Crippen LogP contribution in [-0.2, 0) is 6.42 Å². The van der Waals surface area contributed by atoms with Crippen LogP contribution in [0.1, 0.15) is 23.2 Å². The lowest BCUT2D eigenvalue weighted by molar-refractivity contribution is 0.943. The predicted molar refractivity (Wildman–Crippen MR) is 47.7 cm³/mol. The summed E-state index contributed by atoms with van der Waals surface area (Å²) in [7, 11) is 0. The van der Waals surface area contributed by atoms with Crippen molar-refractivity contribution in [2.45, 2.75) is 19.8 Å². The molecule has 0 aromatic carbocycles. The molecule has 2 rings (SSSR count). The first-order valence-corrected chi connectivity index (χ1v) is 4.19. The third-order valence-electron chi connectivity index (χ3n) is 2.12. The molecule has 1 N–H and O–H groups in total. The monoisotopic (exact) mass is 167 g/mol. The number of fused-ring (bicyclic) bond motifs is 1. The first-order valence-electron chi connectivity index (χ1n) is 3.82. The van der Waals surface area contributed by atoms with Gasteiger partial charge in [0.2, 0.25) is 0 Å². The van der Waals surface area contributed by atoms with Gasteiger partial charge in [-0.1, -0.05) is 17.7 Å². The Morgan fingerprint density at radius 1 is 1.55 bits per heavy atom. The number of nitrogens with one attached hydrogen (secondary N) is 1. The van der Waals surface area contributed by atoms with Gasteiger partial charge in [0.05, 0.1) is 0 Å². The van der Waals surface area contributed by atoms with Gasteiger partial charge in [0.25, 0.3) is 0 Å². The average Bonchev–Trinajstić information content (AvgIpc) is 2.34. The molecular weight excluding hydrogens is 158 g/mol. The van der Waals surface area contributed by atoms with Crippen LogP contribution in [0.2, 0.25) is 0 Å². The van der Waals surface area contributed by atoms with Gasteiger partial charge in [-0.2, -0.15) is 0 Å². The lowest BCUT2D eigenvalue weighted by atomic mass is 10.0. The van der Waals surface area contributed by atoms with E-state index in [4.69, 9.17) is 11.6 Å². The van der Waals surface area contributed by atoms with Crippen molar-refractivity contribution in [2.24, 2.45) is 0 Å². The van der Waals surface area contributed by atoms with Crippen LogP contribution in [0.25, 0.3) is 5.03 Å². The summed E-state index contributed by atoms with van der Waals surface area (Å²) < 4.78 is 0. The maximum atomic E-state index is 6.03. The SMILES string of the molecule is Cc1c[nH]c2c1C(Cl)=CCC2. The number of hydrogen-bond donors (Lipinski definition) is 1. The van der Waals surface area contributed by atoms with Crippen LogP contribution in [0, 0.1) is 6.92 Å². The van der Waals surface area contributed by atoms with Gasteiger partial charge in [0, 0.05) is 22.5 Å². The van der Waals surface area contributed by atoms with Gasteiger partial charge in [-0.15, -0.1) is 0 Å². The molecule has 1 heterocycles. The van der Waals surface area contributed by atoms with Gasteiger partial charge in [0.1, 0.15) is 0 Å². The highest BCUT2D eigenvalue weighted by Crippen LogP contribution is 2.30. The summed E-state index contributed by atoms with van der Waals surface area (Å²) in [6.07, 6.45) is 6.27. The van der Waals surface area contributed by atoms with Gasteiger partial charge < -0.3 is 4.98 Å². The molecule has 58 valence electrons. The number of allylic oxidation sites excluding steroid dienone is 1. The summed E-state index contributed by atoms with van der Waals surface area (Å²) in [5, 5.41) is 0.907. The molecule has 1 aromatic heterocycles. The molecule has 0 spiro atoms. The van der Waals surface area contributed by atoms with Crippen LogP contribution >= 0.6 is 11.6 Å². The number of aromatic amines is 1. The summed E-state index contributed by atoms with van der Waals surface area (Å²) in [5.74, 6) is 0. The lowest BCUT2D eigenvalue weighted by Crippen LogP contribution is -1.94. The highest BCUT2D eigenvalue weighted by Gasteiger charge is 2.13. The van der Waals surface area contributed by atoms with Crippen molar-refractivity contribution in [3.8, 4) is 0 Å². The molecule has 0 bridgehead atoms. The minimum atomic E-state index is 0.907. The molecule has 1 aliphatic rings. The van der Waals surface area contributed by atoms with E-state index in [1.807, 2.05) is 6.20 Å². The Kier molecular flexibility index (Phi) is 1.53. The molecule has 0 aliphatic heterocycles. The second-order valence-electron chi connectivity index (χ2n) is 2.92. The zero-order valence-electron chi connectivity index (χ0n) is 6.45. The largest absolute Gasteiger partial charge is 0.364 e. The highest BCUT2D eigenvalue weighted by atomic mass is 35.5. The third kappa shape index (κ3) is 1.000. The lowest BCUT2D eigenvalue weighted by Gasteiger charge is -2.08. The van der Waals surface area contributed by atoms with Gasteiger partial charge in [-0.05, 0) is 25.3 Å². The van der Waals surface area contributed by atoms with Crippen LogP contribution < -0.4 is 0 Å². The molecule has 1 aromatic rings. The molecule has 0 saturated carbocycles. The van der Waals surface area contributed by atoms with Crippen molar-refractivity contribution in [1.29, 1.82) is 0 Å². The van der Waals surface area contributed by atoms with E-state index >= 15 is 0 Å². The Hall–Kier alpha value is -0.690. The van der Waals surface area contributed by atoms with E-state index in [9.17, 15) is 0 Å². The maximum absolute atomic E-state index is 6.03. The fourth-order valence-electron chi connectivity index (χ4n) is 1.55. The smallest absolute Gasteiger partial charge is 0.0459 e. The number of rotatable bonds is 0. The number of H-pyrrole nitrogens is 1. The van der Waals surface area contributed by atoms with E-state index in [2.05, 4.69) is 18.0 Å². The maximum Gasteiger partial charge on any atom is 0.0459 e. The minimum absolute atomic E-state index is 0.907. The number of aryl methyl sites for hydroxylation is 2. The van der Waals surface area contributed by atoms with Crippen LogP contribution in [-0.4, -0.2) is 4.98 Å². The number of hydrogen-bond acceptors (Lipinski definition) is 0. The fourth-order valence-corrected chi connectivity index (χ4v) is 1.92. The van der Waals surface area contributed by atoms with E-state index in [1.54, 1.807) is 0 Å². The minimum Gasteiger partial charge on any atom is -0.364 e. The molecule has 0 radical (unpaired) electrons. The average molecular weight is 168 g/mol. The highest BCUT2D eigenvalue weighted by molar-refractivity contribution is 6.49. The molecule has 1 aliphatic carbocycles. The van der Waals surface area contributed by atoms with Gasteiger partial charge in [0.15, 0.2) is 0 Å². The van der Waals surface area contributed by atoms with Crippen molar-refractivity contribution < 1.29 is 0 Å². The second-order valence-corrected chi connectivity index (χ2v) is 3.32. The van der Waals surface area contributed by atoms with Crippen LogP contribution in [0.15, 0.2) is 12.3 Å². The van der Waals surface area contributed by atoms with Crippen molar-refractivity contribution in [1.82, 2.24) is 4.98 Å². The fraction of sp³-hybridized carbons (Fsp3) is 0.333. The van der Waals surface area contributed by atoms with Gasteiger partial charge in [-0.3, -0.25) is 0 Å². The van der Waals surface area contributed by atoms with E-state index in [1.165, 1.54) is 16.8 Å².